The van der Waals surface area contributed by atoms with E-state index in [1.165, 1.54) is 0 Å². The maximum absolute atomic E-state index is 11.7. The molecule has 0 aliphatic heterocycles. The zero-order valence-corrected chi connectivity index (χ0v) is 11.3. The van der Waals surface area contributed by atoms with Crippen LogP contribution in [0, 0.1) is 13.8 Å². The molecule has 0 aliphatic rings. The van der Waals surface area contributed by atoms with Gasteiger partial charge in [-0.1, -0.05) is 0 Å². The molecule has 0 fully saturated rings. The van der Waals surface area contributed by atoms with Gasteiger partial charge in [-0.2, -0.15) is 0 Å². The minimum Gasteiger partial charge on any atom is -0.353 e. The van der Waals surface area contributed by atoms with Gasteiger partial charge in [-0.3, -0.25) is 9.69 Å². The van der Waals surface area contributed by atoms with Gasteiger partial charge in [0.05, 0.1) is 18.1 Å². The molecule has 1 rings (SSSR count). The molecule has 17 heavy (non-hydrogen) atoms. The van der Waals surface area contributed by atoms with Crippen molar-refractivity contribution in [3.05, 3.63) is 17.7 Å². The van der Waals surface area contributed by atoms with Gasteiger partial charge < -0.3 is 9.88 Å². The van der Waals surface area contributed by atoms with Crippen LogP contribution in [0.3, 0.4) is 0 Å². The molecule has 0 spiro atoms. The second-order valence-corrected chi connectivity index (χ2v) is 4.54. The fourth-order valence-electron chi connectivity index (χ4n) is 1.45. The Morgan fingerprint density at radius 2 is 2.18 bits per heavy atom. The first kappa shape index (κ1) is 13.7. The Morgan fingerprint density at radius 3 is 2.65 bits per heavy atom. The summed E-state index contributed by atoms with van der Waals surface area (Å²) in [6.45, 7) is 7.30. The standard InChI is InChI=1S/C12H22N4O/c1-9-10(2)16(8-14-9)7-6-13-12(17)11(3)15(4)5/h8,11H,6-7H2,1-5H3,(H,13,17)/t11-/m1/s1. The number of carbonyl (C=O) groups is 1. The Bertz CT molecular complexity index is 384. The molecule has 96 valence electrons. The summed E-state index contributed by atoms with van der Waals surface area (Å²) in [6, 6.07) is -0.0966. The molecule has 1 N–H and O–H groups in total. The first-order chi connectivity index (χ1) is 7.93. The number of aromatic nitrogens is 2. The fourth-order valence-corrected chi connectivity index (χ4v) is 1.45. The van der Waals surface area contributed by atoms with Crippen LogP contribution in [0.2, 0.25) is 0 Å². The smallest absolute Gasteiger partial charge is 0.237 e. The molecule has 0 bridgehead atoms. The van der Waals surface area contributed by atoms with E-state index in [0.29, 0.717) is 6.54 Å². The van der Waals surface area contributed by atoms with Crippen LogP contribution in [0.15, 0.2) is 6.33 Å². The lowest BCUT2D eigenvalue weighted by Crippen LogP contribution is -2.42. The summed E-state index contributed by atoms with van der Waals surface area (Å²) in [5.41, 5.74) is 2.19. The van der Waals surface area contributed by atoms with E-state index in [2.05, 4.69) is 14.9 Å². The van der Waals surface area contributed by atoms with E-state index in [-0.39, 0.29) is 11.9 Å². The van der Waals surface area contributed by atoms with Crippen molar-refractivity contribution < 1.29 is 4.79 Å². The molecule has 1 aromatic rings. The summed E-state index contributed by atoms with van der Waals surface area (Å²) in [5, 5.41) is 2.92. The van der Waals surface area contributed by atoms with Crippen LogP contribution in [0.25, 0.3) is 0 Å². The van der Waals surface area contributed by atoms with Crippen LogP contribution in [0.1, 0.15) is 18.3 Å². The molecule has 1 atom stereocenters. The third kappa shape index (κ3) is 3.56. The lowest BCUT2D eigenvalue weighted by Gasteiger charge is -2.19. The molecule has 0 unspecified atom stereocenters. The van der Waals surface area contributed by atoms with E-state index in [1.54, 1.807) is 0 Å². The van der Waals surface area contributed by atoms with Gasteiger partial charge in [0.15, 0.2) is 0 Å². The van der Waals surface area contributed by atoms with Crippen molar-refractivity contribution in [2.75, 3.05) is 20.6 Å². The zero-order valence-electron chi connectivity index (χ0n) is 11.3. The normalized spacial score (nSPS) is 12.8. The highest BCUT2D eigenvalue weighted by Gasteiger charge is 2.13. The maximum atomic E-state index is 11.7. The van der Waals surface area contributed by atoms with Crippen LogP contribution in [0.4, 0.5) is 0 Å². The Labute approximate surface area is 103 Å². The number of nitrogens with zero attached hydrogens (tertiary/aromatic N) is 3. The summed E-state index contributed by atoms with van der Waals surface area (Å²) in [4.78, 5) is 17.8. The van der Waals surface area contributed by atoms with Crippen LogP contribution >= 0.6 is 0 Å². The van der Waals surface area contributed by atoms with Crippen molar-refractivity contribution in [3.63, 3.8) is 0 Å². The molecule has 0 radical (unpaired) electrons. The molecular formula is C12H22N4O. The summed E-state index contributed by atoms with van der Waals surface area (Å²) < 4.78 is 2.05. The summed E-state index contributed by atoms with van der Waals surface area (Å²) >= 11 is 0. The van der Waals surface area contributed by atoms with Crippen molar-refractivity contribution in [1.82, 2.24) is 19.8 Å². The van der Waals surface area contributed by atoms with Crippen molar-refractivity contribution >= 4 is 5.91 Å². The van der Waals surface area contributed by atoms with E-state index < -0.39 is 0 Å². The van der Waals surface area contributed by atoms with Gasteiger partial charge in [-0.25, -0.2) is 4.98 Å². The molecule has 0 aliphatic carbocycles. The van der Waals surface area contributed by atoms with E-state index in [1.807, 2.05) is 46.1 Å². The second kappa shape index (κ2) is 5.82. The van der Waals surface area contributed by atoms with E-state index in [9.17, 15) is 4.79 Å². The van der Waals surface area contributed by atoms with Gasteiger partial charge in [0, 0.05) is 18.8 Å². The van der Waals surface area contributed by atoms with Crippen molar-refractivity contribution in [1.29, 1.82) is 0 Å². The third-order valence-electron chi connectivity index (χ3n) is 3.15. The first-order valence-corrected chi connectivity index (χ1v) is 5.86. The van der Waals surface area contributed by atoms with Gasteiger partial charge >= 0.3 is 0 Å². The third-order valence-corrected chi connectivity index (χ3v) is 3.15. The molecule has 5 nitrogen and oxygen atoms in total. The van der Waals surface area contributed by atoms with E-state index in [4.69, 9.17) is 0 Å². The minimum atomic E-state index is -0.0966. The number of rotatable bonds is 5. The predicted octanol–water partition coefficient (Wildman–Crippen LogP) is 0.566. The van der Waals surface area contributed by atoms with Gasteiger partial charge in [0.2, 0.25) is 5.91 Å². The molecule has 1 aromatic heterocycles. The number of hydrogen-bond acceptors (Lipinski definition) is 3. The Hall–Kier alpha value is -1.36. The molecule has 0 saturated carbocycles. The van der Waals surface area contributed by atoms with Crippen LogP contribution in [-0.2, 0) is 11.3 Å². The quantitative estimate of drug-likeness (QED) is 0.816. The van der Waals surface area contributed by atoms with Crippen molar-refractivity contribution in [2.45, 2.75) is 33.4 Å². The van der Waals surface area contributed by atoms with E-state index >= 15 is 0 Å². The largest absolute Gasteiger partial charge is 0.353 e. The topological polar surface area (TPSA) is 50.2 Å². The average molecular weight is 238 g/mol. The Balaban J connectivity index is 2.38. The van der Waals surface area contributed by atoms with E-state index in [0.717, 1.165) is 17.9 Å². The first-order valence-electron chi connectivity index (χ1n) is 5.86. The van der Waals surface area contributed by atoms with Gasteiger partial charge in [0.25, 0.3) is 0 Å². The molecule has 1 heterocycles. The number of likely N-dealkylation sites (N-methyl/N-ethyl adjacent to an activating group) is 1. The van der Waals surface area contributed by atoms with Gasteiger partial charge in [0.1, 0.15) is 0 Å². The van der Waals surface area contributed by atoms with Crippen LogP contribution < -0.4 is 5.32 Å². The number of hydrogen-bond donors (Lipinski definition) is 1. The van der Waals surface area contributed by atoms with Gasteiger partial charge in [-0.05, 0) is 34.9 Å². The predicted molar refractivity (Wildman–Crippen MR) is 67.9 cm³/mol. The number of imidazole rings is 1. The lowest BCUT2D eigenvalue weighted by atomic mass is 10.3. The molecule has 0 saturated heterocycles. The molecule has 0 aromatic carbocycles. The zero-order chi connectivity index (χ0) is 13.0. The summed E-state index contributed by atoms with van der Waals surface area (Å²) in [6.07, 6.45) is 1.81. The van der Waals surface area contributed by atoms with Gasteiger partial charge in [-0.15, -0.1) is 0 Å². The Kier molecular flexibility index (Phi) is 4.69. The minimum absolute atomic E-state index is 0.0597. The number of aryl methyl sites for hydroxylation is 1. The van der Waals surface area contributed by atoms with Crippen molar-refractivity contribution in [2.24, 2.45) is 0 Å². The monoisotopic (exact) mass is 238 g/mol. The summed E-state index contributed by atoms with van der Waals surface area (Å²) in [7, 11) is 3.79. The lowest BCUT2D eigenvalue weighted by molar-refractivity contribution is -0.125. The number of amides is 1. The number of carbonyl (C=O) groups excluding carboxylic acids is 1. The average Bonchev–Trinajstić information content (AvgIpc) is 2.59. The highest BCUT2D eigenvalue weighted by atomic mass is 16.2. The highest BCUT2D eigenvalue weighted by Crippen LogP contribution is 2.03. The van der Waals surface area contributed by atoms with Crippen LogP contribution in [-0.4, -0.2) is 47.0 Å². The Morgan fingerprint density at radius 1 is 1.53 bits per heavy atom. The van der Waals surface area contributed by atoms with Crippen molar-refractivity contribution in [3.8, 4) is 0 Å². The molecule has 5 heteroatoms. The SMILES string of the molecule is Cc1ncn(CCNC(=O)[C@@H](C)N(C)C)c1C. The van der Waals surface area contributed by atoms with Crippen LogP contribution in [0.5, 0.6) is 0 Å². The number of nitrogens with one attached hydrogen (secondary N) is 1. The highest BCUT2D eigenvalue weighted by molar-refractivity contribution is 5.81. The summed E-state index contributed by atoms with van der Waals surface area (Å²) in [5.74, 6) is 0.0597. The second-order valence-electron chi connectivity index (χ2n) is 4.54. The fraction of sp³-hybridized carbons (Fsp3) is 0.667. The maximum Gasteiger partial charge on any atom is 0.237 e. The molecular weight excluding hydrogens is 216 g/mol. The molecule has 1 amide bonds.